The molecule has 0 bridgehead atoms. The molecule has 1 heterocycles. The zero-order valence-corrected chi connectivity index (χ0v) is 11.6. The molecular weight excluding hydrogens is 262 g/mol. The van der Waals surface area contributed by atoms with Gasteiger partial charge in [0.15, 0.2) is 0 Å². The summed E-state index contributed by atoms with van der Waals surface area (Å²) in [6, 6.07) is 4.46. The van der Waals surface area contributed by atoms with E-state index in [0.717, 1.165) is 0 Å². The molecule has 1 saturated heterocycles. The van der Waals surface area contributed by atoms with Crippen LogP contribution < -0.4 is 4.74 Å². The predicted octanol–water partition coefficient (Wildman–Crippen LogP) is 0.623. The number of aliphatic hydroxyl groups is 1. The van der Waals surface area contributed by atoms with Gasteiger partial charge >= 0.3 is 0 Å². The molecule has 1 aromatic rings. The Bertz CT molecular complexity index is 490. The monoisotopic (exact) mass is 281 g/mol. The first-order chi connectivity index (χ1) is 9.56. The number of rotatable bonds is 3. The fraction of sp³-hybridized carbons (Fsp3) is 0.500. The van der Waals surface area contributed by atoms with Crippen molar-refractivity contribution < 1.29 is 24.5 Å². The third-order valence-corrected chi connectivity index (χ3v) is 3.41. The molecule has 0 radical (unpaired) electrons. The molecular formula is C14H19NO5. The summed E-state index contributed by atoms with van der Waals surface area (Å²) in [6.07, 6.45) is -0.379. The quantitative estimate of drug-likeness (QED) is 0.849. The lowest BCUT2D eigenvalue weighted by molar-refractivity contribution is -0.0667. The van der Waals surface area contributed by atoms with Gasteiger partial charge in [-0.1, -0.05) is 0 Å². The van der Waals surface area contributed by atoms with Gasteiger partial charge in [0, 0.05) is 12.6 Å². The van der Waals surface area contributed by atoms with Crippen molar-refractivity contribution in [3.8, 4) is 11.5 Å². The number of hydrogen-bond donors (Lipinski definition) is 2. The van der Waals surface area contributed by atoms with Crippen LogP contribution in [-0.4, -0.2) is 60.0 Å². The zero-order chi connectivity index (χ0) is 14.7. The smallest absolute Gasteiger partial charge is 0.258 e. The van der Waals surface area contributed by atoms with E-state index in [0.29, 0.717) is 18.9 Å². The minimum Gasteiger partial charge on any atom is -0.507 e. The summed E-state index contributed by atoms with van der Waals surface area (Å²) in [7, 11) is 1.49. The van der Waals surface area contributed by atoms with Crippen molar-refractivity contribution in [2.24, 2.45) is 0 Å². The second kappa shape index (κ2) is 6.11. The summed E-state index contributed by atoms with van der Waals surface area (Å²) >= 11 is 0. The van der Waals surface area contributed by atoms with Gasteiger partial charge in [-0.3, -0.25) is 4.79 Å². The van der Waals surface area contributed by atoms with Crippen molar-refractivity contribution in [3.63, 3.8) is 0 Å². The lowest BCUT2D eigenvalue weighted by Crippen LogP contribution is -2.52. The Morgan fingerprint density at radius 3 is 2.90 bits per heavy atom. The summed E-state index contributed by atoms with van der Waals surface area (Å²) in [5.74, 6) is 0.0929. The SMILES string of the molecule is COc1ccc(C(=O)N2CC(CO)OCC2C)c(O)c1. The highest BCUT2D eigenvalue weighted by atomic mass is 16.5. The molecule has 1 aromatic carbocycles. The highest BCUT2D eigenvalue weighted by Gasteiger charge is 2.31. The van der Waals surface area contributed by atoms with Gasteiger partial charge in [-0.05, 0) is 19.1 Å². The molecule has 6 heteroatoms. The number of phenolic OH excluding ortho intramolecular Hbond substituents is 1. The number of carbonyl (C=O) groups is 1. The predicted molar refractivity (Wildman–Crippen MR) is 72.0 cm³/mol. The molecule has 110 valence electrons. The molecule has 0 saturated carbocycles. The van der Waals surface area contributed by atoms with E-state index < -0.39 is 0 Å². The van der Waals surface area contributed by atoms with Gasteiger partial charge in [0.25, 0.3) is 5.91 Å². The average molecular weight is 281 g/mol. The minimum atomic E-state index is -0.379. The van der Waals surface area contributed by atoms with Gasteiger partial charge in [0.05, 0.1) is 38.0 Å². The summed E-state index contributed by atoms with van der Waals surface area (Å²) < 4.78 is 10.4. The topological polar surface area (TPSA) is 79.2 Å². The van der Waals surface area contributed by atoms with Crippen LogP contribution in [0.5, 0.6) is 11.5 Å². The molecule has 0 aliphatic carbocycles. The Morgan fingerprint density at radius 1 is 1.55 bits per heavy atom. The van der Waals surface area contributed by atoms with Gasteiger partial charge in [0.1, 0.15) is 11.5 Å². The van der Waals surface area contributed by atoms with Crippen molar-refractivity contribution in [2.75, 3.05) is 26.9 Å². The number of amides is 1. The van der Waals surface area contributed by atoms with E-state index in [-0.39, 0.29) is 36.0 Å². The van der Waals surface area contributed by atoms with E-state index in [1.807, 2.05) is 6.92 Å². The van der Waals surface area contributed by atoms with E-state index in [1.165, 1.54) is 19.2 Å². The summed E-state index contributed by atoms with van der Waals surface area (Å²) in [6.45, 7) is 2.41. The van der Waals surface area contributed by atoms with Gasteiger partial charge in [-0.25, -0.2) is 0 Å². The van der Waals surface area contributed by atoms with Crippen molar-refractivity contribution in [1.29, 1.82) is 0 Å². The first kappa shape index (κ1) is 14.6. The van der Waals surface area contributed by atoms with Crippen LogP contribution >= 0.6 is 0 Å². The Labute approximate surface area is 117 Å². The van der Waals surface area contributed by atoms with E-state index in [9.17, 15) is 9.90 Å². The van der Waals surface area contributed by atoms with Gasteiger partial charge in [0.2, 0.25) is 0 Å². The normalized spacial score (nSPS) is 22.6. The van der Waals surface area contributed by atoms with E-state index in [2.05, 4.69) is 0 Å². The molecule has 2 atom stereocenters. The Morgan fingerprint density at radius 2 is 2.30 bits per heavy atom. The first-order valence-corrected chi connectivity index (χ1v) is 6.47. The minimum absolute atomic E-state index is 0.105. The van der Waals surface area contributed by atoms with Crippen LogP contribution in [0.4, 0.5) is 0 Å². The molecule has 2 unspecified atom stereocenters. The van der Waals surface area contributed by atoms with Crippen LogP contribution in [0.15, 0.2) is 18.2 Å². The number of nitrogens with zero attached hydrogens (tertiary/aromatic N) is 1. The number of benzene rings is 1. The number of hydrogen-bond acceptors (Lipinski definition) is 5. The summed E-state index contributed by atoms with van der Waals surface area (Å²) in [5.41, 5.74) is 0.219. The number of carbonyl (C=O) groups excluding carboxylic acids is 1. The Hall–Kier alpha value is -1.79. The second-order valence-corrected chi connectivity index (χ2v) is 4.83. The van der Waals surface area contributed by atoms with Crippen LogP contribution in [0.3, 0.4) is 0 Å². The van der Waals surface area contributed by atoms with Gasteiger partial charge < -0.3 is 24.6 Å². The first-order valence-electron chi connectivity index (χ1n) is 6.47. The largest absolute Gasteiger partial charge is 0.507 e. The highest BCUT2D eigenvalue weighted by Crippen LogP contribution is 2.26. The maximum absolute atomic E-state index is 12.5. The standard InChI is InChI=1S/C14H19NO5/c1-9-8-20-11(7-16)6-15(9)14(18)12-4-3-10(19-2)5-13(12)17/h3-5,9,11,16-17H,6-8H2,1-2H3. The van der Waals surface area contributed by atoms with Crippen molar-refractivity contribution in [3.05, 3.63) is 23.8 Å². The Balaban J connectivity index is 2.21. The second-order valence-electron chi connectivity index (χ2n) is 4.83. The maximum atomic E-state index is 12.5. The molecule has 1 aliphatic rings. The zero-order valence-electron chi connectivity index (χ0n) is 11.6. The molecule has 1 aliphatic heterocycles. The molecule has 20 heavy (non-hydrogen) atoms. The summed E-state index contributed by atoms with van der Waals surface area (Å²) in [4.78, 5) is 14.1. The van der Waals surface area contributed by atoms with Gasteiger partial charge in [-0.15, -0.1) is 0 Å². The molecule has 1 fully saturated rings. The Kier molecular flexibility index (Phi) is 4.46. The van der Waals surface area contributed by atoms with Crippen molar-refractivity contribution in [2.45, 2.75) is 19.1 Å². The van der Waals surface area contributed by atoms with E-state index in [1.54, 1.807) is 11.0 Å². The number of morpholine rings is 1. The van der Waals surface area contributed by atoms with Crippen molar-refractivity contribution >= 4 is 5.91 Å². The number of phenols is 1. The third kappa shape index (κ3) is 2.86. The van der Waals surface area contributed by atoms with Crippen LogP contribution in [0, 0.1) is 0 Å². The van der Waals surface area contributed by atoms with Crippen LogP contribution in [-0.2, 0) is 4.74 Å². The number of methoxy groups -OCH3 is 1. The number of aromatic hydroxyl groups is 1. The molecule has 2 N–H and O–H groups in total. The fourth-order valence-corrected chi connectivity index (χ4v) is 2.18. The molecule has 0 aromatic heterocycles. The third-order valence-electron chi connectivity index (χ3n) is 3.41. The number of ether oxygens (including phenoxy) is 2. The lowest BCUT2D eigenvalue weighted by Gasteiger charge is -2.37. The van der Waals surface area contributed by atoms with Gasteiger partial charge in [-0.2, -0.15) is 0 Å². The average Bonchev–Trinajstić information content (AvgIpc) is 2.47. The molecule has 1 amide bonds. The van der Waals surface area contributed by atoms with Crippen molar-refractivity contribution in [1.82, 2.24) is 4.90 Å². The lowest BCUT2D eigenvalue weighted by atomic mass is 10.1. The number of aliphatic hydroxyl groups excluding tert-OH is 1. The highest BCUT2D eigenvalue weighted by molar-refractivity contribution is 5.97. The van der Waals surface area contributed by atoms with Crippen LogP contribution in [0.25, 0.3) is 0 Å². The fourth-order valence-electron chi connectivity index (χ4n) is 2.18. The van der Waals surface area contributed by atoms with E-state index >= 15 is 0 Å². The summed E-state index contributed by atoms with van der Waals surface area (Å²) in [5, 5.41) is 19.1. The molecule has 6 nitrogen and oxygen atoms in total. The molecule has 0 spiro atoms. The van der Waals surface area contributed by atoms with Crippen LogP contribution in [0.1, 0.15) is 17.3 Å². The molecule has 2 rings (SSSR count). The van der Waals surface area contributed by atoms with Crippen LogP contribution in [0.2, 0.25) is 0 Å². The maximum Gasteiger partial charge on any atom is 0.258 e. The van der Waals surface area contributed by atoms with E-state index in [4.69, 9.17) is 14.6 Å².